The average Bonchev–Trinajstić information content (AvgIpc) is 2.19. The normalized spacial score (nSPS) is 12.3. The second kappa shape index (κ2) is 7.31. The number of rotatable bonds is 7. The summed E-state index contributed by atoms with van der Waals surface area (Å²) in [5.74, 6) is -2.93. The second-order valence-electron chi connectivity index (χ2n) is 3.68. The molecule has 0 rings (SSSR count). The molecule has 1 N–H and O–H groups in total. The summed E-state index contributed by atoms with van der Waals surface area (Å²) in [6.07, 6.45) is -10.2. The summed E-state index contributed by atoms with van der Waals surface area (Å²) < 4.78 is 75.4. The third-order valence-corrected chi connectivity index (χ3v) is 1.77. The first-order chi connectivity index (χ1) is 8.91. The fourth-order valence-corrected chi connectivity index (χ4v) is 1.12. The Labute approximate surface area is 109 Å². The lowest BCUT2D eigenvalue weighted by Crippen LogP contribution is -2.42. The molecule has 0 unspecified atom stereocenters. The monoisotopic (exact) mass is 311 g/mol. The van der Waals surface area contributed by atoms with Gasteiger partial charge in [0.1, 0.15) is 19.7 Å². The maximum absolute atomic E-state index is 12.1. The van der Waals surface area contributed by atoms with Crippen molar-refractivity contribution in [3.05, 3.63) is 0 Å². The van der Waals surface area contributed by atoms with Crippen LogP contribution in [0.3, 0.4) is 0 Å². The number of ether oxygens (including phenoxy) is 1. The van der Waals surface area contributed by atoms with Crippen molar-refractivity contribution < 1.29 is 45.8 Å². The number of hydrogen-bond donors (Lipinski definition) is 1. The molecule has 0 bridgehead atoms. The van der Waals surface area contributed by atoms with Crippen LogP contribution in [0.2, 0.25) is 0 Å². The molecule has 0 atom stereocenters. The Hall–Kier alpha value is -1.52. The largest absolute Gasteiger partial charge is 0.480 e. The molecule has 0 aromatic carbocycles. The summed E-state index contributed by atoms with van der Waals surface area (Å²) >= 11 is 0. The van der Waals surface area contributed by atoms with Crippen LogP contribution in [-0.2, 0) is 14.3 Å². The lowest BCUT2D eigenvalue weighted by molar-refractivity contribution is -0.177. The standard InChI is InChI=1S/C9H11F6NO4/c10-8(11,12)4-16(3-7(18)19)6(17)1-2-20-5-9(13,14)15/h1-5H2,(H,18,19). The molecule has 1 amide bonds. The third-order valence-electron chi connectivity index (χ3n) is 1.77. The lowest BCUT2D eigenvalue weighted by Gasteiger charge is -2.22. The molecule has 5 nitrogen and oxygen atoms in total. The summed E-state index contributed by atoms with van der Waals surface area (Å²) in [6, 6.07) is 0. The van der Waals surface area contributed by atoms with Crippen molar-refractivity contribution in [2.24, 2.45) is 0 Å². The molecule has 0 aliphatic heterocycles. The average molecular weight is 311 g/mol. The molecular formula is C9H11F6NO4. The van der Waals surface area contributed by atoms with Crippen LogP contribution in [0.25, 0.3) is 0 Å². The number of carboxylic acids is 1. The molecule has 0 saturated heterocycles. The maximum atomic E-state index is 12.1. The molecule has 20 heavy (non-hydrogen) atoms. The van der Waals surface area contributed by atoms with E-state index in [0.717, 1.165) is 0 Å². The van der Waals surface area contributed by atoms with Crippen LogP contribution in [0.5, 0.6) is 0 Å². The molecule has 11 heteroatoms. The van der Waals surface area contributed by atoms with Crippen LogP contribution in [0.1, 0.15) is 6.42 Å². The van der Waals surface area contributed by atoms with Crippen LogP contribution >= 0.6 is 0 Å². The van der Waals surface area contributed by atoms with Gasteiger partial charge in [0.25, 0.3) is 0 Å². The Kier molecular flexibility index (Phi) is 6.76. The zero-order valence-electron chi connectivity index (χ0n) is 9.92. The topological polar surface area (TPSA) is 66.8 Å². The number of halogens is 6. The molecule has 0 radical (unpaired) electrons. The lowest BCUT2D eigenvalue weighted by atomic mass is 10.3. The van der Waals surface area contributed by atoms with E-state index in [-0.39, 0.29) is 4.90 Å². The molecule has 118 valence electrons. The van der Waals surface area contributed by atoms with Crippen molar-refractivity contribution in [3.63, 3.8) is 0 Å². The smallest absolute Gasteiger partial charge is 0.411 e. The zero-order chi connectivity index (χ0) is 16.0. The van der Waals surface area contributed by atoms with Gasteiger partial charge in [-0.2, -0.15) is 26.3 Å². The highest BCUT2D eigenvalue weighted by Crippen LogP contribution is 2.17. The van der Waals surface area contributed by atoms with E-state index in [0.29, 0.717) is 0 Å². The number of amides is 1. The summed E-state index contributed by atoms with van der Waals surface area (Å²) in [4.78, 5) is 21.6. The van der Waals surface area contributed by atoms with E-state index in [1.165, 1.54) is 0 Å². The molecule has 0 aromatic rings. The van der Waals surface area contributed by atoms with Gasteiger partial charge < -0.3 is 14.7 Å². The number of carbonyl (C=O) groups is 2. The van der Waals surface area contributed by atoms with E-state index >= 15 is 0 Å². The predicted octanol–water partition coefficient (Wildman–Crippen LogP) is 1.43. The number of nitrogens with zero attached hydrogens (tertiary/aromatic N) is 1. The first-order valence-electron chi connectivity index (χ1n) is 5.11. The van der Waals surface area contributed by atoms with Crippen molar-refractivity contribution in [1.29, 1.82) is 0 Å². The highest BCUT2D eigenvalue weighted by Gasteiger charge is 2.34. The van der Waals surface area contributed by atoms with Crippen LogP contribution in [0, 0.1) is 0 Å². The summed E-state index contributed by atoms with van der Waals surface area (Å²) in [5.41, 5.74) is 0. The molecule has 0 spiro atoms. The van der Waals surface area contributed by atoms with Gasteiger partial charge in [0.2, 0.25) is 5.91 Å². The minimum atomic E-state index is -4.81. The van der Waals surface area contributed by atoms with Gasteiger partial charge in [-0.15, -0.1) is 0 Å². The van der Waals surface area contributed by atoms with E-state index < -0.39 is 57.0 Å². The Morgan fingerprint density at radius 1 is 1.05 bits per heavy atom. The summed E-state index contributed by atoms with van der Waals surface area (Å²) in [5, 5.41) is 8.37. The number of hydrogen-bond acceptors (Lipinski definition) is 3. The molecule has 0 heterocycles. The van der Waals surface area contributed by atoms with E-state index in [1.807, 2.05) is 0 Å². The first kappa shape index (κ1) is 18.5. The fourth-order valence-electron chi connectivity index (χ4n) is 1.12. The number of alkyl halides is 6. The number of carboxylic acid groups (broad SMARTS) is 1. The van der Waals surface area contributed by atoms with E-state index in [1.54, 1.807) is 0 Å². The van der Waals surface area contributed by atoms with Crippen molar-refractivity contribution in [2.75, 3.05) is 26.3 Å². The van der Waals surface area contributed by atoms with Gasteiger partial charge in [-0.05, 0) is 0 Å². The molecule has 0 fully saturated rings. The van der Waals surface area contributed by atoms with Gasteiger partial charge in [0.05, 0.1) is 13.0 Å². The Morgan fingerprint density at radius 2 is 1.60 bits per heavy atom. The maximum Gasteiger partial charge on any atom is 0.411 e. The molecule has 0 saturated carbocycles. The van der Waals surface area contributed by atoms with Crippen LogP contribution in [0.4, 0.5) is 26.3 Å². The predicted molar refractivity (Wildman–Crippen MR) is 51.8 cm³/mol. The SMILES string of the molecule is O=C(O)CN(CC(F)(F)F)C(=O)CCOCC(F)(F)F. The fraction of sp³-hybridized carbons (Fsp3) is 0.778. The molecule has 0 aromatic heterocycles. The Balaban J connectivity index is 4.31. The number of aliphatic carboxylic acids is 1. The Bertz CT molecular complexity index is 340. The van der Waals surface area contributed by atoms with Crippen LogP contribution in [-0.4, -0.2) is 60.5 Å². The van der Waals surface area contributed by atoms with E-state index in [2.05, 4.69) is 4.74 Å². The molecule has 0 aliphatic rings. The first-order valence-corrected chi connectivity index (χ1v) is 5.11. The van der Waals surface area contributed by atoms with Crippen molar-refractivity contribution in [2.45, 2.75) is 18.8 Å². The zero-order valence-corrected chi connectivity index (χ0v) is 9.92. The molecule has 0 aliphatic carbocycles. The minimum absolute atomic E-state index is 0.0146. The van der Waals surface area contributed by atoms with Gasteiger partial charge in [0.15, 0.2) is 0 Å². The van der Waals surface area contributed by atoms with E-state index in [4.69, 9.17) is 5.11 Å². The Morgan fingerprint density at radius 3 is 2.00 bits per heavy atom. The van der Waals surface area contributed by atoms with Gasteiger partial charge in [-0.25, -0.2) is 0 Å². The second-order valence-corrected chi connectivity index (χ2v) is 3.68. The van der Waals surface area contributed by atoms with Crippen LogP contribution < -0.4 is 0 Å². The highest BCUT2D eigenvalue weighted by atomic mass is 19.4. The third kappa shape index (κ3) is 10.4. The van der Waals surface area contributed by atoms with Crippen molar-refractivity contribution in [1.82, 2.24) is 4.90 Å². The highest BCUT2D eigenvalue weighted by molar-refractivity contribution is 5.81. The summed E-state index contributed by atoms with van der Waals surface area (Å²) in [6.45, 7) is -5.39. The minimum Gasteiger partial charge on any atom is -0.480 e. The number of carbonyl (C=O) groups excluding carboxylic acids is 1. The van der Waals surface area contributed by atoms with Gasteiger partial charge >= 0.3 is 18.3 Å². The van der Waals surface area contributed by atoms with Gasteiger partial charge in [-0.3, -0.25) is 9.59 Å². The van der Waals surface area contributed by atoms with Gasteiger partial charge in [-0.1, -0.05) is 0 Å². The van der Waals surface area contributed by atoms with Gasteiger partial charge in [0, 0.05) is 0 Å². The summed E-state index contributed by atoms with van der Waals surface area (Å²) in [7, 11) is 0. The molecular weight excluding hydrogens is 300 g/mol. The van der Waals surface area contributed by atoms with Crippen LogP contribution in [0.15, 0.2) is 0 Å². The van der Waals surface area contributed by atoms with Crippen molar-refractivity contribution in [3.8, 4) is 0 Å². The quantitative estimate of drug-likeness (QED) is 0.570. The van der Waals surface area contributed by atoms with Crippen molar-refractivity contribution >= 4 is 11.9 Å². The van der Waals surface area contributed by atoms with E-state index in [9.17, 15) is 35.9 Å².